The molecule has 1 fully saturated rings. The van der Waals surface area contributed by atoms with Crippen molar-refractivity contribution in [1.29, 1.82) is 0 Å². The van der Waals surface area contributed by atoms with Crippen LogP contribution in [0.5, 0.6) is 0 Å². The second kappa shape index (κ2) is 5.57. The Bertz CT molecular complexity index is 410. The second-order valence-electron chi connectivity index (χ2n) is 5.31. The number of aliphatic hydroxyl groups excluding tert-OH is 1. The number of rotatable bonds is 5. The molecule has 4 nitrogen and oxygen atoms in total. The van der Waals surface area contributed by atoms with Gasteiger partial charge in [-0.3, -0.25) is 4.79 Å². The van der Waals surface area contributed by atoms with Gasteiger partial charge in [0.25, 0.3) is 5.91 Å². The zero-order valence-electron chi connectivity index (χ0n) is 11.1. The molecular formula is C14H22N2O2. The van der Waals surface area contributed by atoms with Gasteiger partial charge >= 0.3 is 0 Å². The van der Waals surface area contributed by atoms with E-state index in [0.29, 0.717) is 6.04 Å². The number of aliphatic hydroxyl groups is 1. The zero-order valence-corrected chi connectivity index (χ0v) is 11.1. The SMILES string of the molecule is CC(CO)C(C)NC(=O)c1cccn1C1CCC1. The lowest BCUT2D eigenvalue weighted by Crippen LogP contribution is -2.39. The molecule has 1 heterocycles. The Balaban J connectivity index is 2.02. The highest BCUT2D eigenvalue weighted by atomic mass is 16.3. The van der Waals surface area contributed by atoms with E-state index in [1.165, 1.54) is 6.42 Å². The standard InChI is InChI=1S/C14H22N2O2/c1-10(9-17)11(2)15-14(18)13-7-4-8-16(13)12-5-3-6-12/h4,7-8,10-12,17H,3,5-6,9H2,1-2H3,(H,15,18). The molecule has 1 saturated carbocycles. The van der Waals surface area contributed by atoms with Crippen molar-refractivity contribution in [2.75, 3.05) is 6.61 Å². The quantitative estimate of drug-likeness (QED) is 0.839. The first-order valence-electron chi connectivity index (χ1n) is 6.72. The minimum Gasteiger partial charge on any atom is -0.396 e. The number of nitrogens with one attached hydrogen (secondary N) is 1. The number of nitrogens with zero attached hydrogens (tertiary/aromatic N) is 1. The summed E-state index contributed by atoms with van der Waals surface area (Å²) >= 11 is 0. The third-order valence-corrected chi connectivity index (χ3v) is 3.98. The Kier molecular flexibility index (Phi) is 4.07. The highest BCUT2D eigenvalue weighted by Gasteiger charge is 2.24. The first-order chi connectivity index (χ1) is 8.63. The second-order valence-corrected chi connectivity index (χ2v) is 5.31. The van der Waals surface area contributed by atoms with Gasteiger partial charge in [0, 0.05) is 24.9 Å². The van der Waals surface area contributed by atoms with Crippen molar-refractivity contribution in [3.05, 3.63) is 24.0 Å². The van der Waals surface area contributed by atoms with Crippen LogP contribution < -0.4 is 5.32 Å². The van der Waals surface area contributed by atoms with Crippen molar-refractivity contribution >= 4 is 5.91 Å². The van der Waals surface area contributed by atoms with Crippen LogP contribution in [-0.2, 0) is 0 Å². The Morgan fingerprint density at radius 1 is 1.56 bits per heavy atom. The molecule has 2 N–H and O–H groups in total. The van der Waals surface area contributed by atoms with Crippen LogP contribution in [0.25, 0.3) is 0 Å². The molecule has 2 atom stereocenters. The number of amides is 1. The van der Waals surface area contributed by atoms with Gasteiger partial charge in [0.05, 0.1) is 0 Å². The van der Waals surface area contributed by atoms with Gasteiger partial charge in [-0.25, -0.2) is 0 Å². The van der Waals surface area contributed by atoms with E-state index in [1.807, 2.05) is 32.2 Å². The lowest BCUT2D eigenvalue weighted by Gasteiger charge is -2.29. The maximum atomic E-state index is 12.2. The summed E-state index contributed by atoms with van der Waals surface area (Å²) in [4.78, 5) is 12.2. The maximum Gasteiger partial charge on any atom is 0.268 e. The fourth-order valence-electron chi connectivity index (χ4n) is 2.15. The average Bonchev–Trinajstić information content (AvgIpc) is 2.74. The summed E-state index contributed by atoms with van der Waals surface area (Å²) < 4.78 is 2.08. The first kappa shape index (κ1) is 13.1. The minimum atomic E-state index is -0.0419. The van der Waals surface area contributed by atoms with E-state index in [-0.39, 0.29) is 24.5 Å². The average molecular weight is 250 g/mol. The number of hydrogen-bond donors (Lipinski definition) is 2. The van der Waals surface area contributed by atoms with Crippen LogP contribution in [0.1, 0.15) is 49.6 Å². The highest BCUT2D eigenvalue weighted by Crippen LogP contribution is 2.32. The summed E-state index contributed by atoms with van der Waals surface area (Å²) in [5, 5.41) is 12.0. The third kappa shape index (κ3) is 2.58. The van der Waals surface area contributed by atoms with Crippen LogP contribution in [0, 0.1) is 5.92 Å². The van der Waals surface area contributed by atoms with Crippen LogP contribution in [0.15, 0.2) is 18.3 Å². The van der Waals surface area contributed by atoms with E-state index in [1.54, 1.807) is 0 Å². The molecular weight excluding hydrogens is 228 g/mol. The van der Waals surface area contributed by atoms with Crippen molar-refractivity contribution in [2.45, 2.75) is 45.2 Å². The lowest BCUT2D eigenvalue weighted by molar-refractivity contribution is 0.0901. The van der Waals surface area contributed by atoms with Gasteiger partial charge in [0.15, 0.2) is 0 Å². The van der Waals surface area contributed by atoms with Gasteiger partial charge < -0.3 is 15.0 Å². The molecule has 0 radical (unpaired) electrons. The van der Waals surface area contributed by atoms with E-state index in [4.69, 9.17) is 5.11 Å². The Morgan fingerprint density at radius 3 is 2.83 bits per heavy atom. The van der Waals surface area contributed by atoms with Crippen molar-refractivity contribution < 1.29 is 9.90 Å². The van der Waals surface area contributed by atoms with E-state index in [2.05, 4.69) is 9.88 Å². The van der Waals surface area contributed by atoms with E-state index in [0.717, 1.165) is 18.5 Å². The smallest absolute Gasteiger partial charge is 0.268 e. The van der Waals surface area contributed by atoms with Crippen LogP contribution in [0.4, 0.5) is 0 Å². The maximum absolute atomic E-state index is 12.2. The molecule has 2 unspecified atom stereocenters. The minimum absolute atomic E-state index is 0.0211. The van der Waals surface area contributed by atoms with Crippen LogP contribution >= 0.6 is 0 Å². The molecule has 1 amide bonds. The molecule has 0 bridgehead atoms. The summed E-state index contributed by atoms with van der Waals surface area (Å²) in [5.74, 6) is 0.0285. The fraction of sp³-hybridized carbons (Fsp3) is 0.643. The lowest BCUT2D eigenvalue weighted by atomic mass is 9.93. The topological polar surface area (TPSA) is 54.3 Å². The first-order valence-corrected chi connectivity index (χ1v) is 6.72. The zero-order chi connectivity index (χ0) is 13.1. The summed E-state index contributed by atoms with van der Waals surface area (Å²) in [6.07, 6.45) is 5.57. The summed E-state index contributed by atoms with van der Waals surface area (Å²) in [6.45, 7) is 3.94. The van der Waals surface area contributed by atoms with Crippen LogP contribution in [0.3, 0.4) is 0 Å². The third-order valence-electron chi connectivity index (χ3n) is 3.98. The summed E-state index contributed by atoms with van der Waals surface area (Å²) in [5.41, 5.74) is 0.733. The molecule has 100 valence electrons. The molecule has 0 aromatic carbocycles. The number of hydrogen-bond acceptors (Lipinski definition) is 2. The molecule has 1 aromatic rings. The molecule has 1 aliphatic rings. The van der Waals surface area contributed by atoms with Crippen molar-refractivity contribution in [2.24, 2.45) is 5.92 Å². The number of aromatic nitrogens is 1. The molecule has 4 heteroatoms. The molecule has 2 rings (SSSR count). The van der Waals surface area contributed by atoms with Gasteiger partial charge in [-0.05, 0) is 44.2 Å². The van der Waals surface area contributed by atoms with Gasteiger partial charge in [-0.2, -0.15) is 0 Å². The van der Waals surface area contributed by atoms with Gasteiger partial charge in [-0.1, -0.05) is 6.92 Å². The molecule has 18 heavy (non-hydrogen) atoms. The van der Waals surface area contributed by atoms with Gasteiger partial charge in [0.1, 0.15) is 5.69 Å². The summed E-state index contributed by atoms with van der Waals surface area (Å²) in [7, 11) is 0. The Labute approximate surface area is 108 Å². The van der Waals surface area contributed by atoms with Crippen LogP contribution in [-0.4, -0.2) is 28.2 Å². The van der Waals surface area contributed by atoms with Crippen molar-refractivity contribution in [3.63, 3.8) is 0 Å². The molecule has 0 saturated heterocycles. The van der Waals surface area contributed by atoms with Crippen molar-refractivity contribution in [1.82, 2.24) is 9.88 Å². The summed E-state index contributed by atoms with van der Waals surface area (Å²) in [6, 6.07) is 4.26. The van der Waals surface area contributed by atoms with Crippen LogP contribution in [0.2, 0.25) is 0 Å². The Morgan fingerprint density at radius 2 is 2.28 bits per heavy atom. The van der Waals surface area contributed by atoms with Gasteiger partial charge in [-0.15, -0.1) is 0 Å². The largest absolute Gasteiger partial charge is 0.396 e. The fourth-order valence-corrected chi connectivity index (χ4v) is 2.15. The van der Waals surface area contributed by atoms with E-state index >= 15 is 0 Å². The molecule has 1 aromatic heterocycles. The highest BCUT2D eigenvalue weighted by molar-refractivity contribution is 5.93. The molecule has 0 spiro atoms. The van der Waals surface area contributed by atoms with Gasteiger partial charge in [0.2, 0.25) is 0 Å². The predicted molar refractivity (Wildman–Crippen MR) is 70.5 cm³/mol. The number of carbonyl (C=O) groups excluding carboxylic acids is 1. The predicted octanol–water partition coefficient (Wildman–Crippen LogP) is 1.96. The van der Waals surface area contributed by atoms with E-state index < -0.39 is 0 Å². The monoisotopic (exact) mass is 250 g/mol. The molecule has 1 aliphatic carbocycles. The number of carbonyl (C=O) groups is 1. The van der Waals surface area contributed by atoms with E-state index in [9.17, 15) is 4.79 Å². The molecule has 0 aliphatic heterocycles. The van der Waals surface area contributed by atoms with Crippen molar-refractivity contribution in [3.8, 4) is 0 Å². The Hall–Kier alpha value is -1.29. The normalized spacial score (nSPS) is 19.1.